The number of hydrogen-bond donors (Lipinski definition) is 1. The maximum absolute atomic E-state index is 11.2. The van der Waals surface area contributed by atoms with E-state index in [0.29, 0.717) is 13.0 Å². The molecule has 4 nitrogen and oxygen atoms in total. The van der Waals surface area contributed by atoms with Crippen LogP contribution in [0.2, 0.25) is 0 Å². The minimum Gasteiger partial charge on any atom is -0.466 e. The number of hydrogen-bond acceptors (Lipinski definition) is 4. The molecule has 0 aliphatic heterocycles. The molecule has 0 bridgehead atoms. The summed E-state index contributed by atoms with van der Waals surface area (Å²) >= 11 is 0. The molecule has 1 rings (SSSR count). The van der Waals surface area contributed by atoms with Crippen molar-refractivity contribution < 1.29 is 9.53 Å². The second kappa shape index (κ2) is 6.86. The largest absolute Gasteiger partial charge is 0.466 e. The molecule has 94 valence electrons. The first-order valence-electron chi connectivity index (χ1n) is 6.22. The van der Waals surface area contributed by atoms with E-state index in [1.807, 2.05) is 13.8 Å². The van der Waals surface area contributed by atoms with Crippen molar-refractivity contribution in [3.05, 3.63) is 0 Å². The van der Waals surface area contributed by atoms with E-state index >= 15 is 0 Å². The number of carbonyl (C=O) groups excluding carboxylic acids is 1. The molecule has 16 heavy (non-hydrogen) atoms. The van der Waals surface area contributed by atoms with E-state index in [4.69, 9.17) is 4.74 Å². The lowest BCUT2D eigenvalue weighted by atomic mass is 10.2. The second-order valence-electron chi connectivity index (χ2n) is 4.58. The number of esters is 1. The molecular formula is C12H24N2O2. The van der Waals surface area contributed by atoms with Gasteiger partial charge in [-0.25, -0.2) is 0 Å². The number of rotatable bonds is 8. The molecule has 1 saturated carbocycles. The second-order valence-corrected chi connectivity index (χ2v) is 4.58. The van der Waals surface area contributed by atoms with Gasteiger partial charge in [0.1, 0.15) is 0 Å². The predicted octanol–water partition coefficient (Wildman–Crippen LogP) is 1.01. The summed E-state index contributed by atoms with van der Waals surface area (Å²) in [7, 11) is 2.16. The Balaban J connectivity index is 2.00. The van der Waals surface area contributed by atoms with Gasteiger partial charge < -0.3 is 15.0 Å². The number of carbonyl (C=O) groups is 1. The molecule has 0 spiro atoms. The third kappa shape index (κ3) is 5.47. The Morgan fingerprint density at radius 2 is 2.25 bits per heavy atom. The van der Waals surface area contributed by atoms with Crippen LogP contribution in [0.25, 0.3) is 0 Å². The van der Waals surface area contributed by atoms with Crippen molar-refractivity contribution in [2.24, 2.45) is 0 Å². The van der Waals surface area contributed by atoms with Gasteiger partial charge in [0.15, 0.2) is 0 Å². The van der Waals surface area contributed by atoms with Crippen LogP contribution in [-0.4, -0.2) is 49.7 Å². The zero-order valence-corrected chi connectivity index (χ0v) is 10.7. The Morgan fingerprint density at radius 3 is 2.81 bits per heavy atom. The highest BCUT2D eigenvalue weighted by molar-refractivity contribution is 5.69. The van der Waals surface area contributed by atoms with Gasteiger partial charge in [-0.3, -0.25) is 4.79 Å². The highest BCUT2D eigenvalue weighted by Crippen LogP contribution is 2.24. The molecule has 0 amide bonds. The van der Waals surface area contributed by atoms with E-state index in [9.17, 15) is 4.79 Å². The molecule has 0 aromatic heterocycles. The Kier molecular flexibility index (Phi) is 5.77. The molecule has 1 atom stereocenters. The highest BCUT2D eigenvalue weighted by Gasteiger charge is 2.25. The quantitative estimate of drug-likeness (QED) is 0.630. The van der Waals surface area contributed by atoms with Gasteiger partial charge in [0.05, 0.1) is 13.0 Å². The SMILES string of the molecule is CCOC(=O)CC(C)NCCN(C)C1CC1. The number of likely N-dealkylation sites (N-methyl/N-ethyl adjacent to an activating group) is 1. The first-order chi connectivity index (χ1) is 7.63. The van der Waals surface area contributed by atoms with Crippen LogP contribution in [0.15, 0.2) is 0 Å². The first-order valence-corrected chi connectivity index (χ1v) is 6.22. The zero-order chi connectivity index (χ0) is 12.0. The third-order valence-electron chi connectivity index (χ3n) is 2.91. The van der Waals surface area contributed by atoms with Crippen molar-refractivity contribution in [3.8, 4) is 0 Å². The highest BCUT2D eigenvalue weighted by atomic mass is 16.5. The molecule has 0 saturated heterocycles. The van der Waals surface area contributed by atoms with Crippen molar-refractivity contribution in [1.29, 1.82) is 0 Å². The first kappa shape index (κ1) is 13.5. The average Bonchev–Trinajstić information content (AvgIpc) is 3.00. The third-order valence-corrected chi connectivity index (χ3v) is 2.91. The van der Waals surface area contributed by atoms with Crippen molar-refractivity contribution >= 4 is 5.97 Å². The molecule has 1 unspecified atom stereocenters. The topological polar surface area (TPSA) is 41.6 Å². The summed E-state index contributed by atoms with van der Waals surface area (Å²) in [6.45, 7) is 6.32. The van der Waals surface area contributed by atoms with Crippen LogP contribution >= 0.6 is 0 Å². The van der Waals surface area contributed by atoms with Gasteiger partial charge in [-0.1, -0.05) is 0 Å². The van der Waals surface area contributed by atoms with Crippen LogP contribution in [0, 0.1) is 0 Å². The monoisotopic (exact) mass is 228 g/mol. The van der Waals surface area contributed by atoms with Crippen LogP contribution in [0.1, 0.15) is 33.1 Å². The van der Waals surface area contributed by atoms with Crippen LogP contribution in [0.3, 0.4) is 0 Å². The molecule has 0 radical (unpaired) electrons. The summed E-state index contributed by atoms with van der Waals surface area (Å²) in [5.41, 5.74) is 0. The van der Waals surface area contributed by atoms with Gasteiger partial charge >= 0.3 is 5.97 Å². The van der Waals surface area contributed by atoms with Gasteiger partial charge in [0, 0.05) is 25.2 Å². The van der Waals surface area contributed by atoms with Crippen molar-refractivity contribution in [2.75, 3.05) is 26.7 Å². The van der Waals surface area contributed by atoms with E-state index in [1.54, 1.807) is 0 Å². The van der Waals surface area contributed by atoms with E-state index in [2.05, 4.69) is 17.3 Å². The van der Waals surface area contributed by atoms with E-state index < -0.39 is 0 Å². The summed E-state index contributed by atoms with van der Waals surface area (Å²) in [5.74, 6) is -0.113. The van der Waals surface area contributed by atoms with Crippen molar-refractivity contribution in [2.45, 2.75) is 45.2 Å². The van der Waals surface area contributed by atoms with E-state index in [-0.39, 0.29) is 12.0 Å². The lowest BCUT2D eigenvalue weighted by molar-refractivity contribution is -0.143. The fourth-order valence-corrected chi connectivity index (χ4v) is 1.73. The summed E-state index contributed by atoms with van der Waals surface area (Å²) in [6, 6.07) is 1.01. The number of nitrogens with one attached hydrogen (secondary N) is 1. The summed E-state index contributed by atoms with van der Waals surface area (Å²) in [5, 5.41) is 3.34. The van der Waals surface area contributed by atoms with Gasteiger partial charge in [-0.15, -0.1) is 0 Å². The fourth-order valence-electron chi connectivity index (χ4n) is 1.73. The van der Waals surface area contributed by atoms with Crippen LogP contribution in [0.4, 0.5) is 0 Å². The van der Waals surface area contributed by atoms with E-state index in [1.165, 1.54) is 12.8 Å². The molecule has 0 aromatic carbocycles. The lowest BCUT2D eigenvalue weighted by Crippen LogP contribution is -2.36. The average molecular weight is 228 g/mol. The van der Waals surface area contributed by atoms with E-state index in [0.717, 1.165) is 19.1 Å². The summed E-state index contributed by atoms with van der Waals surface area (Å²) in [4.78, 5) is 13.6. The number of ether oxygens (including phenoxy) is 1. The van der Waals surface area contributed by atoms with Crippen LogP contribution in [-0.2, 0) is 9.53 Å². The van der Waals surface area contributed by atoms with Crippen LogP contribution < -0.4 is 5.32 Å². The Bertz CT molecular complexity index is 217. The molecule has 1 aliphatic rings. The lowest BCUT2D eigenvalue weighted by Gasteiger charge is -2.18. The number of nitrogens with zero attached hydrogens (tertiary/aromatic N) is 1. The Labute approximate surface area is 98.3 Å². The van der Waals surface area contributed by atoms with Gasteiger partial charge in [0.25, 0.3) is 0 Å². The van der Waals surface area contributed by atoms with Crippen LogP contribution in [0.5, 0.6) is 0 Å². The fraction of sp³-hybridized carbons (Fsp3) is 0.917. The molecule has 0 aromatic rings. The Morgan fingerprint density at radius 1 is 1.56 bits per heavy atom. The predicted molar refractivity (Wildman–Crippen MR) is 64.4 cm³/mol. The minimum atomic E-state index is -0.113. The maximum Gasteiger partial charge on any atom is 0.307 e. The van der Waals surface area contributed by atoms with Crippen molar-refractivity contribution in [3.63, 3.8) is 0 Å². The molecule has 1 aliphatic carbocycles. The van der Waals surface area contributed by atoms with Gasteiger partial charge in [0.2, 0.25) is 0 Å². The molecule has 1 fully saturated rings. The zero-order valence-electron chi connectivity index (χ0n) is 10.7. The smallest absolute Gasteiger partial charge is 0.307 e. The van der Waals surface area contributed by atoms with Gasteiger partial charge in [-0.05, 0) is 33.7 Å². The maximum atomic E-state index is 11.2. The molecule has 1 N–H and O–H groups in total. The standard InChI is InChI=1S/C12H24N2O2/c1-4-16-12(15)9-10(2)13-7-8-14(3)11-5-6-11/h10-11,13H,4-9H2,1-3H3. The minimum absolute atomic E-state index is 0.113. The molecule has 4 heteroatoms. The van der Waals surface area contributed by atoms with Gasteiger partial charge in [-0.2, -0.15) is 0 Å². The molecule has 0 heterocycles. The Hall–Kier alpha value is -0.610. The van der Waals surface area contributed by atoms with Crippen molar-refractivity contribution in [1.82, 2.24) is 10.2 Å². The summed E-state index contributed by atoms with van der Waals surface area (Å²) in [6.07, 6.45) is 3.14. The molecular weight excluding hydrogens is 204 g/mol. The normalized spacial score (nSPS) is 17.5. The summed E-state index contributed by atoms with van der Waals surface area (Å²) < 4.78 is 4.90.